The molecule has 0 radical (unpaired) electrons. The highest BCUT2D eigenvalue weighted by molar-refractivity contribution is 5.49. The normalized spacial score (nSPS) is 13.4. The summed E-state index contributed by atoms with van der Waals surface area (Å²) in [5, 5.41) is 0. The van der Waals surface area contributed by atoms with Gasteiger partial charge in [0, 0.05) is 24.8 Å². The first kappa shape index (κ1) is 15.0. The van der Waals surface area contributed by atoms with Crippen LogP contribution in [0.2, 0.25) is 0 Å². The molecular formula is C16H28N2. The fraction of sp³-hybridized carbons (Fsp3) is 0.625. The third kappa shape index (κ3) is 4.34. The molecule has 1 unspecified atom stereocenters. The van der Waals surface area contributed by atoms with Crippen LogP contribution in [0.5, 0.6) is 0 Å². The van der Waals surface area contributed by atoms with Gasteiger partial charge in [-0.2, -0.15) is 0 Å². The highest BCUT2D eigenvalue weighted by Crippen LogP contribution is 2.26. The predicted octanol–water partition coefficient (Wildman–Crippen LogP) is 3.58. The molecule has 0 spiro atoms. The fourth-order valence-electron chi connectivity index (χ4n) is 2.49. The largest absolute Gasteiger partial charge is 0.368 e. The molecule has 0 fully saturated rings. The van der Waals surface area contributed by atoms with Gasteiger partial charge < -0.3 is 10.6 Å². The summed E-state index contributed by atoms with van der Waals surface area (Å²) in [6.45, 7) is 12.9. The Hall–Kier alpha value is -1.02. The Kier molecular flexibility index (Phi) is 5.21. The zero-order valence-corrected chi connectivity index (χ0v) is 12.5. The van der Waals surface area contributed by atoms with Crippen LogP contribution in [0, 0.1) is 12.3 Å². The Balaban J connectivity index is 2.93. The first-order valence-corrected chi connectivity index (χ1v) is 6.90. The van der Waals surface area contributed by atoms with Crippen molar-refractivity contribution in [2.75, 3.05) is 18.0 Å². The summed E-state index contributed by atoms with van der Waals surface area (Å²) < 4.78 is 0. The van der Waals surface area contributed by atoms with Crippen molar-refractivity contribution in [3.63, 3.8) is 0 Å². The molecule has 0 saturated carbocycles. The van der Waals surface area contributed by atoms with Crippen LogP contribution in [0.15, 0.2) is 24.3 Å². The average Bonchev–Trinajstić information content (AvgIpc) is 2.27. The van der Waals surface area contributed by atoms with E-state index in [1.165, 1.54) is 11.3 Å². The molecule has 1 aromatic carbocycles. The lowest BCUT2D eigenvalue weighted by atomic mass is 9.87. The van der Waals surface area contributed by atoms with E-state index in [1.807, 2.05) is 0 Å². The van der Waals surface area contributed by atoms with E-state index >= 15 is 0 Å². The SMILES string of the molecule is CCN(c1cccc(C)c1)C(CN)CC(C)(C)C. The summed E-state index contributed by atoms with van der Waals surface area (Å²) in [4.78, 5) is 2.43. The van der Waals surface area contributed by atoms with Gasteiger partial charge in [-0.15, -0.1) is 0 Å². The summed E-state index contributed by atoms with van der Waals surface area (Å²) >= 11 is 0. The lowest BCUT2D eigenvalue weighted by Gasteiger charge is -2.36. The second-order valence-electron chi connectivity index (χ2n) is 6.28. The lowest BCUT2D eigenvalue weighted by Crippen LogP contribution is -2.43. The smallest absolute Gasteiger partial charge is 0.0417 e. The first-order chi connectivity index (χ1) is 8.37. The van der Waals surface area contributed by atoms with E-state index in [0.29, 0.717) is 18.0 Å². The fourth-order valence-corrected chi connectivity index (χ4v) is 2.49. The van der Waals surface area contributed by atoms with Crippen LogP contribution in [0.4, 0.5) is 5.69 Å². The zero-order valence-electron chi connectivity index (χ0n) is 12.5. The monoisotopic (exact) mass is 248 g/mol. The molecule has 0 aliphatic carbocycles. The molecule has 18 heavy (non-hydrogen) atoms. The summed E-state index contributed by atoms with van der Waals surface area (Å²) in [6.07, 6.45) is 1.12. The maximum absolute atomic E-state index is 5.99. The number of hydrogen-bond acceptors (Lipinski definition) is 2. The molecule has 1 atom stereocenters. The molecule has 2 heteroatoms. The number of benzene rings is 1. The molecule has 102 valence electrons. The highest BCUT2D eigenvalue weighted by atomic mass is 15.2. The van der Waals surface area contributed by atoms with E-state index < -0.39 is 0 Å². The van der Waals surface area contributed by atoms with Crippen LogP contribution in [-0.2, 0) is 0 Å². The molecule has 2 nitrogen and oxygen atoms in total. The van der Waals surface area contributed by atoms with Crippen molar-refractivity contribution in [1.29, 1.82) is 0 Å². The maximum atomic E-state index is 5.99. The lowest BCUT2D eigenvalue weighted by molar-refractivity contribution is 0.333. The van der Waals surface area contributed by atoms with Gasteiger partial charge >= 0.3 is 0 Å². The molecule has 0 aliphatic heterocycles. The summed E-state index contributed by atoms with van der Waals surface area (Å²) in [7, 11) is 0. The van der Waals surface area contributed by atoms with Crippen LogP contribution in [0.3, 0.4) is 0 Å². The van der Waals surface area contributed by atoms with E-state index in [1.54, 1.807) is 0 Å². The molecule has 0 aliphatic rings. The van der Waals surface area contributed by atoms with E-state index in [2.05, 4.69) is 63.8 Å². The minimum Gasteiger partial charge on any atom is -0.368 e. The van der Waals surface area contributed by atoms with E-state index in [0.717, 1.165) is 13.0 Å². The molecule has 2 N–H and O–H groups in total. The van der Waals surface area contributed by atoms with Crippen LogP contribution >= 0.6 is 0 Å². The quantitative estimate of drug-likeness (QED) is 0.863. The van der Waals surface area contributed by atoms with Crippen LogP contribution in [0.1, 0.15) is 39.7 Å². The van der Waals surface area contributed by atoms with Gasteiger partial charge in [-0.05, 0) is 43.4 Å². The Morgan fingerprint density at radius 3 is 2.39 bits per heavy atom. The van der Waals surface area contributed by atoms with Gasteiger partial charge in [0.2, 0.25) is 0 Å². The van der Waals surface area contributed by atoms with Crippen LogP contribution in [-0.4, -0.2) is 19.1 Å². The topological polar surface area (TPSA) is 29.3 Å². The third-order valence-electron chi connectivity index (χ3n) is 3.23. The second-order valence-corrected chi connectivity index (χ2v) is 6.28. The number of aryl methyl sites for hydroxylation is 1. The Bertz CT molecular complexity index is 366. The summed E-state index contributed by atoms with van der Waals surface area (Å²) in [5.74, 6) is 0. The van der Waals surface area contributed by atoms with E-state index in [9.17, 15) is 0 Å². The van der Waals surface area contributed by atoms with Crippen molar-refractivity contribution >= 4 is 5.69 Å². The van der Waals surface area contributed by atoms with Crippen molar-refractivity contribution in [2.45, 2.75) is 47.1 Å². The second kappa shape index (κ2) is 6.24. The number of anilines is 1. The average molecular weight is 248 g/mol. The van der Waals surface area contributed by atoms with Gasteiger partial charge in [-0.3, -0.25) is 0 Å². The summed E-state index contributed by atoms with van der Waals surface area (Å²) in [5.41, 5.74) is 8.89. The Morgan fingerprint density at radius 2 is 1.94 bits per heavy atom. The van der Waals surface area contributed by atoms with Gasteiger partial charge in [-0.1, -0.05) is 32.9 Å². The number of nitrogens with zero attached hydrogens (tertiary/aromatic N) is 1. The van der Waals surface area contributed by atoms with Gasteiger partial charge in [0.25, 0.3) is 0 Å². The molecule has 0 bridgehead atoms. The minimum absolute atomic E-state index is 0.307. The number of likely N-dealkylation sites (N-methyl/N-ethyl adjacent to an activating group) is 1. The Morgan fingerprint density at radius 1 is 1.28 bits per heavy atom. The van der Waals surface area contributed by atoms with Gasteiger partial charge in [0.1, 0.15) is 0 Å². The number of nitrogens with two attached hydrogens (primary N) is 1. The third-order valence-corrected chi connectivity index (χ3v) is 3.23. The van der Waals surface area contributed by atoms with Gasteiger partial charge in [0.05, 0.1) is 0 Å². The molecule has 0 heterocycles. The van der Waals surface area contributed by atoms with Crippen LogP contribution < -0.4 is 10.6 Å². The van der Waals surface area contributed by atoms with Crippen molar-refractivity contribution < 1.29 is 0 Å². The molecular weight excluding hydrogens is 220 g/mol. The molecule has 0 saturated heterocycles. The zero-order chi connectivity index (χ0) is 13.8. The van der Waals surface area contributed by atoms with Crippen molar-refractivity contribution in [3.8, 4) is 0 Å². The molecule has 1 aromatic rings. The van der Waals surface area contributed by atoms with Gasteiger partial charge in [-0.25, -0.2) is 0 Å². The summed E-state index contributed by atoms with van der Waals surface area (Å²) in [6, 6.07) is 9.10. The van der Waals surface area contributed by atoms with Crippen molar-refractivity contribution in [2.24, 2.45) is 11.1 Å². The molecule has 0 amide bonds. The molecule has 1 rings (SSSR count). The van der Waals surface area contributed by atoms with E-state index in [4.69, 9.17) is 5.73 Å². The van der Waals surface area contributed by atoms with Crippen LogP contribution in [0.25, 0.3) is 0 Å². The van der Waals surface area contributed by atoms with Crippen molar-refractivity contribution in [3.05, 3.63) is 29.8 Å². The number of hydrogen-bond donors (Lipinski definition) is 1. The minimum atomic E-state index is 0.307. The first-order valence-electron chi connectivity index (χ1n) is 6.90. The predicted molar refractivity (Wildman–Crippen MR) is 81.1 cm³/mol. The van der Waals surface area contributed by atoms with E-state index in [-0.39, 0.29) is 0 Å². The van der Waals surface area contributed by atoms with Crippen molar-refractivity contribution in [1.82, 2.24) is 0 Å². The standard InChI is InChI=1S/C16H28N2/c1-6-18(14-9-7-8-13(2)10-14)15(12-17)11-16(3,4)5/h7-10,15H,6,11-12,17H2,1-5H3. The molecule has 0 aromatic heterocycles. The Labute approximate surface area is 112 Å². The highest BCUT2D eigenvalue weighted by Gasteiger charge is 2.22. The van der Waals surface area contributed by atoms with Gasteiger partial charge in [0.15, 0.2) is 0 Å². The maximum Gasteiger partial charge on any atom is 0.0417 e. The number of rotatable bonds is 5.